The third-order valence-corrected chi connectivity index (χ3v) is 1.99. The average molecular weight is 226 g/mol. The van der Waals surface area contributed by atoms with Crippen molar-refractivity contribution in [2.45, 2.75) is 19.4 Å². The molecule has 0 aliphatic heterocycles. The third kappa shape index (κ3) is 4.95. The van der Waals surface area contributed by atoms with E-state index in [1.165, 1.54) is 0 Å². The molecule has 90 valence electrons. The summed E-state index contributed by atoms with van der Waals surface area (Å²) in [7, 11) is 0. The molecule has 0 aliphatic rings. The summed E-state index contributed by atoms with van der Waals surface area (Å²) < 4.78 is 10.2. The minimum absolute atomic E-state index is 0.0279. The van der Waals surface area contributed by atoms with Crippen molar-refractivity contribution < 1.29 is 13.9 Å². The van der Waals surface area contributed by atoms with Crippen LogP contribution in [0.4, 0.5) is 0 Å². The maximum Gasteiger partial charge on any atom is 0.246 e. The summed E-state index contributed by atoms with van der Waals surface area (Å²) in [5.41, 5.74) is 5.24. The Morgan fingerprint density at radius 3 is 3.12 bits per heavy atom. The summed E-state index contributed by atoms with van der Waals surface area (Å²) in [6, 6.07) is 3.74. The van der Waals surface area contributed by atoms with E-state index in [9.17, 15) is 4.79 Å². The highest BCUT2D eigenvalue weighted by molar-refractivity contribution is 5.77. The summed E-state index contributed by atoms with van der Waals surface area (Å²) in [6.07, 6.45) is 2.30. The van der Waals surface area contributed by atoms with Gasteiger partial charge in [-0.15, -0.1) is 0 Å². The smallest absolute Gasteiger partial charge is 0.246 e. The van der Waals surface area contributed by atoms with Gasteiger partial charge in [-0.05, 0) is 19.1 Å². The van der Waals surface area contributed by atoms with Gasteiger partial charge in [-0.2, -0.15) is 0 Å². The number of nitrogens with two attached hydrogens (primary N) is 1. The summed E-state index contributed by atoms with van der Waals surface area (Å²) in [5, 5.41) is 2.81. The first-order valence-corrected chi connectivity index (χ1v) is 5.32. The number of carbonyl (C=O) groups excluding carboxylic acids is 1. The molecule has 1 rings (SSSR count). The normalized spacial score (nSPS) is 12.4. The fraction of sp³-hybridized carbons (Fsp3) is 0.545. The number of hydrogen-bond acceptors (Lipinski definition) is 4. The van der Waals surface area contributed by atoms with Crippen LogP contribution in [0.5, 0.6) is 0 Å². The molecule has 5 heteroatoms. The number of amides is 1. The van der Waals surface area contributed by atoms with Crippen molar-refractivity contribution in [1.82, 2.24) is 5.32 Å². The molecule has 0 fully saturated rings. The zero-order valence-corrected chi connectivity index (χ0v) is 9.44. The Labute approximate surface area is 94.9 Å². The van der Waals surface area contributed by atoms with Crippen molar-refractivity contribution in [3.8, 4) is 0 Å². The Morgan fingerprint density at radius 2 is 2.50 bits per heavy atom. The molecule has 5 nitrogen and oxygen atoms in total. The summed E-state index contributed by atoms with van der Waals surface area (Å²) in [4.78, 5) is 11.3. The lowest BCUT2D eigenvalue weighted by molar-refractivity contribution is -0.126. The first-order valence-electron chi connectivity index (χ1n) is 5.32. The number of rotatable bonds is 7. The molecule has 1 aromatic rings. The predicted molar refractivity (Wildman–Crippen MR) is 59.9 cm³/mol. The van der Waals surface area contributed by atoms with Crippen LogP contribution >= 0.6 is 0 Å². The van der Waals surface area contributed by atoms with Gasteiger partial charge in [-0.3, -0.25) is 4.79 Å². The fourth-order valence-electron chi connectivity index (χ4n) is 1.35. The van der Waals surface area contributed by atoms with Gasteiger partial charge in [0.25, 0.3) is 0 Å². The standard InChI is InChI=1S/C11H18N2O3/c1-9(7-10-3-2-5-16-10)13-11(14)8-15-6-4-12/h2-3,5,9H,4,6-8,12H2,1H3,(H,13,14). The van der Waals surface area contributed by atoms with Crippen molar-refractivity contribution in [3.05, 3.63) is 24.2 Å². The second-order valence-electron chi connectivity index (χ2n) is 3.59. The lowest BCUT2D eigenvalue weighted by Crippen LogP contribution is -2.36. The molecule has 0 spiro atoms. The highest BCUT2D eigenvalue weighted by Gasteiger charge is 2.09. The van der Waals surface area contributed by atoms with Gasteiger partial charge in [0.2, 0.25) is 5.91 Å². The van der Waals surface area contributed by atoms with Crippen LogP contribution < -0.4 is 11.1 Å². The van der Waals surface area contributed by atoms with Crippen LogP contribution in [0.15, 0.2) is 22.8 Å². The number of ether oxygens (including phenoxy) is 1. The molecule has 16 heavy (non-hydrogen) atoms. The SMILES string of the molecule is CC(Cc1ccco1)NC(=O)COCCN. The van der Waals surface area contributed by atoms with Gasteiger partial charge in [0.1, 0.15) is 12.4 Å². The minimum Gasteiger partial charge on any atom is -0.469 e. The summed E-state index contributed by atoms with van der Waals surface area (Å²) >= 11 is 0. The van der Waals surface area contributed by atoms with Gasteiger partial charge < -0.3 is 20.2 Å². The topological polar surface area (TPSA) is 77.5 Å². The Bertz CT molecular complexity index is 298. The van der Waals surface area contributed by atoms with Crippen molar-refractivity contribution >= 4 is 5.91 Å². The molecule has 1 amide bonds. The van der Waals surface area contributed by atoms with Crippen LogP contribution in [-0.2, 0) is 16.0 Å². The van der Waals surface area contributed by atoms with Crippen molar-refractivity contribution in [2.75, 3.05) is 19.8 Å². The van der Waals surface area contributed by atoms with Crippen LogP contribution in [-0.4, -0.2) is 31.7 Å². The average Bonchev–Trinajstić information content (AvgIpc) is 2.70. The van der Waals surface area contributed by atoms with Gasteiger partial charge in [0.05, 0.1) is 12.9 Å². The highest BCUT2D eigenvalue weighted by atomic mass is 16.5. The van der Waals surface area contributed by atoms with Crippen LogP contribution in [0.3, 0.4) is 0 Å². The van der Waals surface area contributed by atoms with E-state index in [4.69, 9.17) is 14.9 Å². The van der Waals surface area contributed by atoms with Crippen LogP contribution in [0.1, 0.15) is 12.7 Å². The van der Waals surface area contributed by atoms with Gasteiger partial charge in [-0.25, -0.2) is 0 Å². The van der Waals surface area contributed by atoms with Crippen molar-refractivity contribution in [1.29, 1.82) is 0 Å². The van der Waals surface area contributed by atoms with E-state index >= 15 is 0 Å². The second-order valence-corrected chi connectivity index (χ2v) is 3.59. The Kier molecular flexibility index (Phi) is 5.60. The molecule has 1 atom stereocenters. The summed E-state index contributed by atoms with van der Waals surface area (Å²) in [6.45, 7) is 2.80. The van der Waals surface area contributed by atoms with Crippen molar-refractivity contribution in [3.63, 3.8) is 0 Å². The maximum absolute atomic E-state index is 11.3. The van der Waals surface area contributed by atoms with E-state index in [-0.39, 0.29) is 18.6 Å². The number of carbonyl (C=O) groups is 1. The molecule has 0 aliphatic carbocycles. The fourth-order valence-corrected chi connectivity index (χ4v) is 1.35. The second kappa shape index (κ2) is 7.03. The first-order chi connectivity index (χ1) is 7.72. The monoisotopic (exact) mass is 226 g/mol. The van der Waals surface area contributed by atoms with E-state index in [1.807, 2.05) is 19.1 Å². The molecular formula is C11H18N2O3. The molecule has 1 aromatic heterocycles. The van der Waals surface area contributed by atoms with Gasteiger partial charge in [0.15, 0.2) is 0 Å². The molecular weight excluding hydrogens is 208 g/mol. The third-order valence-electron chi connectivity index (χ3n) is 1.99. The molecule has 0 saturated heterocycles. The minimum atomic E-state index is -0.132. The Hall–Kier alpha value is -1.33. The summed E-state index contributed by atoms with van der Waals surface area (Å²) in [5.74, 6) is 0.725. The van der Waals surface area contributed by atoms with E-state index in [1.54, 1.807) is 6.26 Å². The van der Waals surface area contributed by atoms with Crippen molar-refractivity contribution in [2.24, 2.45) is 5.73 Å². The predicted octanol–water partition coefficient (Wildman–Crippen LogP) is 0.302. The molecule has 0 bridgehead atoms. The van der Waals surface area contributed by atoms with Crippen LogP contribution in [0.25, 0.3) is 0 Å². The Morgan fingerprint density at radius 1 is 1.69 bits per heavy atom. The zero-order valence-electron chi connectivity index (χ0n) is 9.44. The van der Waals surface area contributed by atoms with Crippen LogP contribution in [0.2, 0.25) is 0 Å². The largest absolute Gasteiger partial charge is 0.469 e. The maximum atomic E-state index is 11.3. The lowest BCUT2D eigenvalue weighted by Gasteiger charge is -2.12. The number of nitrogens with one attached hydrogen (secondary N) is 1. The van der Waals surface area contributed by atoms with E-state index in [0.29, 0.717) is 19.6 Å². The van der Waals surface area contributed by atoms with E-state index in [0.717, 1.165) is 5.76 Å². The zero-order chi connectivity index (χ0) is 11.8. The molecule has 0 saturated carbocycles. The first kappa shape index (κ1) is 12.7. The molecule has 0 radical (unpaired) electrons. The van der Waals surface area contributed by atoms with Gasteiger partial charge >= 0.3 is 0 Å². The van der Waals surface area contributed by atoms with Gasteiger partial charge in [-0.1, -0.05) is 0 Å². The van der Waals surface area contributed by atoms with E-state index < -0.39 is 0 Å². The lowest BCUT2D eigenvalue weighted by atomic mass is 10.2. The molecule has 3 N–H and O–H groups in total. The molecule has 1 unspecified atom stereocenters. The van der Waals surface area contributed by atoms with Crippen LogP contribution in [0, 0.1) is 0 Å². The molecule has 1 heterocycles. The quantitative estimate of drug-likeness (QED) is 0.656. The number of hydrogen-bond donors (Lipinski definition) is 2. The molecule has 0 aromatic carbocycles. The Balaban J connectivity index is 2.18. The van der Waals surface area contributed by atoms with Gasteiger partial charge in [0, 0.05) is 19.0 Å². The van der Waals surface area contributed by atoms with E-state index in [2.05, 4.69) is 5.32 Å². The number of furan rings is 1. The highest BCUT2D eigenvalue weighted by Crippen LogP contribution is 2.03.